The van der Waals surface area contributed by atoms with E-state index in [1.54, 1.807) is 13.3 Å². The number of anilines is 1. The number of pyridine rings is 1. The SMILES string of the molecule is COc1cccc(N2CCN(CC(O)COc3ccc(-c4nc5ncc(Br)cc5[nH]4)cc3)CC2)c1. The van der Waals surface area contributed by atoms with Crippen molar-refractivity contribution in [2.75, 3.05) is 51.3 Å². The summed E-state index contributed by atoms with van der Waals surface area (Å²) in [6.07, 6.45) is 1.17. The van der Waals surface area contributed by atoms with Crippen molar-refractivity contribution in [1.82, 2.24) is 19.9 Å². The van der Waals surface area contributed by atoms with Gasteiger partial charge in [-0.3, -0.25) is 4.90 Å². The van der Waals surface area contributed by atoms with Crippen molar-refractivity contribution in [3.05, 3.63) is 65.3 Å². The number of β-amino-alcohol motifs (C(OH)–C–C–N with tert-alkyl or cyclic N) is 1. The highest BCUT2D eigenvalue weighted by atomic mass is 79.9. The summed E-state index contributed by atoms with van der Waals surface area (Å²) < 4.78 is 12.1. The molecule has 0 bridgehead atoms. The van der Waals surface area contributed by atoms with Crippen LogP contribution < -0.4 is 14.4 Å². The number of halogens is 1. The van der Waals surface area contributed by atoms with Crippen LogP contribution in [0.1, 0.15) is 0 Å². The molecule has 0 spiro atoms. The number of ether oxygens (including phenoxy) is 2. The molecule has 182 valence electrons. The number of aliphatic hydroxyl groups is 1. The van der Waals surface area contributed by atoms with Gasteiger partial charge < -0.3 is 24.5 Å². The molecule has 0 saturated carbocycles. The summed E-state index contributed by atoms with van der Waals surface area (Å²) in [5.41, 5.74) is 3.67. The van der Waals surface area contributed by atoms with E-state index in [1.807, 2.05) is 42.5 Å². The van der Waals surface area contributed by atoms with E-state index in [0.717, 1.165) is 53.3 Å². The van der Waals surface area contributed by atoms with Gasteiger partial charge in [0.2, 0.25) is 0 Å². The minimum absolute atomic E-state index is 0.248. The quantitative estimate of drug-likeness (QED) is 0.351. The number of aliphatic hydroxyl groups excluding tert-OH is 1. The number of hydrogen-bond acceptors (Lipinski definition) is 7. The van der Waals surface area contributed by atoms with E-state index >= 15 is 0 Å². The first-order valence-electron chi connectivity index (χ1n) is 11.6. The number of piperazine rings is 1. The lowest BCUT2D eigenvalue weighted by molar-refractivity contribution is 0.0663. The fraction of sp³-hybridized carbons (Fsp3) is 0.308. The Balaban J connectivity index is 1.09. The number of rotatable bonds is 8. The molecule has 1 atom stereocenters. The van der Waals surface area contributed by atoms with E-state index in [-0.39, 0.29) is 6.61 Å². The molecule has 1 aliphatic rings. The smallest absolute Gasteiger partial charge is 0.178 e. The Morgan fingerprint density at radius 2 is 1.86 bits per heavy atom. The molecule has 9 heteroatoms. The van der Waals surface area contributed by atoms with Crippen LogP contribution in [-0.2, 0) is 0 Å². The number of fused-ring (bicyclic) bond motifs is 1. The van der Waals surface area contributed by atoms with Crippen molar-refractivity contribution in [1.29, 1.82) is 0 Å². The van der Waals surface area contributed by atoms with Gasteiger partial charge in [0, 0.05) is 60.7 Å². The lowest BCUT2D eigenvalue weighted by Gasteiger charge is -2.37. The summed E-state index contributed by atoms with van der Waals surface area (Å²) in [6, 6.07) is 17.8. The molecule has 2 aromatic heterocycles. The molecular formula is C26H28BrN5O3. The molecular weight excluding hydrogens is 510 g/mol. The predicted octanol–water partition coefficient (Wildman–Crippen LogP) is 3.96. The fourth-order valence-electron chi connectivity index (χ4n) is 4.26. The first-order valence-corrected chi connectivity index (χ1v) is 12.4. The van der Waals surface area contributed by atoms with Gasteiger partial charge in [-0.25, -0.2) is 9.97 Å². The second-order valence-corrected chi connectivity index (χ2v) is 9.50. The number of benzene rings is 2. The van der Waals surface area contributed by atoms with Gasteiger partial charge in [-0.15, -0.1) is 0 Å². The number of hydrogen-bond donors (Lipinski definition) is 2. The number of methoxy groups -OCH3 is 1. The number of aromatic nitrogens is 3. The number of aromatic amines is 1. The summed E-state index contributed by atoms with van der Waals surface area (Å²) in [4.78, 5) is 16.8. The van der Waals surface area contributed by atoms with Crippen LogP contribution in [0.15, 0.2) is 65.3 Å². The average Bonchev–Trinajstić information content (AvgIpc) is 3.31. The Labute approximate surface area is 212 Å². The fourth-order valence-corrected chi connectivity index (χ4v) is 4.59. The van der Waals surface area contributed by atoms with Gasteiger partial charge in [-0.1, -0.05) is 6.07 Å². The highest BCUT2D eigenvalue weighted by molar-refractivity contribution is 9.10. The normalized spacial score (nSPS) is 15.3. The van der Waals surface area contributed by atoms with Gasteiger partial charge in [-0.05, 0) is 58.4 Å². The molecule has 3 heterocycles. The van der Waals surface area contributed by atoms with Crippen LogP contribution >= 0.6 is 15.9 Å². The van der Waals surface area contributed by atoms with Crippen LogP contribution in [0.3, 0.4) is 0 Å². The van der Waals surface area contributed by atoms with Crippen LogP contribution in [0.25, 0.3) is 22.6 Å². The van der Waals surface area contributed by atoms with E-state index in [1.165, 1.54) is 5.69 Å². The Bertz CT molecular complexity index is 1270. The third-order valence-corrected chi connectivity index (χ3v) is 6.57. The monoisotopic (exact) mass is 537 g/mol. The molecule has 2 N–H and O–H groups in total. The van der Waals surface area contributed by atoms with E-state index in [0.29, 0.717) is 17.9 Å². The van der Waals surface area contributed by atoms with Crippen LogP contribution in [0.2, 0.25) is 0 Å². The van der Waals surface area contributed by atoms with Crippen molar-refractivity contribution in [2.45, 2.75) is 6.10 Å². The Morgan fingerprint density at radius 3 is 2.63 bits per heavy atom. The van der Waals surface area contributed by atoms with Crippen LogP contribution in [0.4, 0.5) is 5.69 Å². The van der Waals surface area contributed by atoms with Gasteiger partial charge in [0.05, 0.1) is 12.6 Å². The molecule has 1 unspecified atom stereocenters. The molecule has 1 aliphatic heterocycles. The summed E-state index contributed by atoms with van der Waals surface area (Å²) >= 11 is 3.43. The lowest BCUT2D eigenvalue weighted by atomic mass is 10.2. The first-order chi connectivity index (χ1) is 17.1. The van der Waals surface area contributed by atoms with E-state index in [4.69, 9.17) is 9.47 Å². The van der Waals surface area contributed by atoms with Crippen molar-refractivity contribution in [2.24, 2.45) is 0 Å². The molecule has 0 aliphatic carbocycles. The molecule has 35 heavy (non-hydrogen) atoms. The lowest BCUT2D eigenvalue weighted by Crippen LogP contribution is -2.49. The maximum atomic E-state index is 10.5. The maximum Gasteiger partial charge on any atom is 0.178 e. The third-order valence-electron chi connectivity index (χ3n) is 6.13. The molecule has 4 aromatic rings. The van der Waals surface area contributed by atoms with Crippen molar-refractivity contribution in [3.8, 4) is 22.9 Å². The Hall–Kier alpha value is -3.14. The summed E-state index contributed by atoms with van der Waals surface area (Å²) in [5, 5.41) is 10.5. The van der Waals surface area contributed by atoms with Crippen LogP contribution in [0, 0.1) is 0 Å². The zero-order valence-corrected chi connectivity index (χ0v) is 21.1. The molecule has 0 radical (unpaired) electrons. The van der Waals surface area contributed by atoms with Crippen molar-refractivity contribution in [3.63, 3.8) is 0 Å². The molecule has 2 aromatic carbocycles. The van der Waals surface area contributed by atoms with Crippen molar-refractivity contribution >= 4 is 32.8 Å². The minimum Gasteiger partial charge on any atom is -0.497 e. The molecule has 5 rings (SSSR count). The Morgan fingerprint density at radius 1 is 1.06 bits per heavy atom. The van der Waals surface area contributed by atoms with Gasteiger partial charge in [-0.2, -0.15) is 0 Å². The van der Waals surface area contributed by atoms with Crippen LogP contribution in [-0.4, -0.2) is 77.5 Å². The number of H-pyrrole nitrogens is 1. The minimum atomic E-state index is -0.557. The second-order valence-electron chi connectivity index (χ2n) is 8.59. The van der Waals surface area contributed by atoms with Gasteiger partial charge >= 0.3 is 0 Å². The molecule has 8 nitrogen and oxygen atoms in total. The summed E-state index contributed by atoms with van der Waals surface area (Å²) in [5.74, 6) is 2.34. The number of nitrogens with one attached hydrogen (secondary N) is 1. The standard InChI is InChI=1S/C26H28BrN5O3/c1-34-23-4-2-3-20(14-23)32-11-9-31(10-12-32)16-21(33)17-35-22-7-5-18(6-8-22)25-29-24-13-19(27)15-28-26(24)30-25/h2-8,13-15,21,33H,9-12,16-17H2,1H3,(H,28,29,30). The van der Waals surface area contributed by atoms with Crippen molar-refractivity contribution < 1.29 is 14.6 Å². The van der Waals surface area contributed by atoms with E-state index < -0.39 is 6.10 Å². The molecule has 1 fully saturated rings. The predicted molar refractivity (Wildman–Crippen MR) is 140 cm³/mol. The topological polar surface area (TPSA) is 86.7 Å². The van der Waals surface area contributed by atoms with E-state index in [2.05, 4.69) is 52.8 Å². The zero-order valence-electron chi connectivity index (χ0n) is 19.5. The number of imidazole rings is 1. The number of nitrogens with zero attached hydrogens (tertiary/aromatic N) is 4. The summed E-state index contributed by atoms with van der Waals surface area (Å²) in [7, 11) is 1.69. The van der Waals surface area contributed by atoms with Gasteiger partial charge in [0.15, 0.2) is 5.65 Å². The van der Waals surface area contributed by atoms with Gasteiger partial charge in [0.25, 0.3) is 0 Å². The highest BCUT2D eigenvalue weighted by Gasteiger charge is 2.20. The van der Waals surface area contributed by atoms with E-state index in [9.17, 15) is 5.11 Å². The molecule has 0 amide bonds. The summed E-state index contributed by atoms with van der Waals surface area (Å²) in [6.45, 7) is 4.45. The van der Waals surface area contributed by atoms with Crippen LogP contribution in [0.5, 0.6) is 11.5 Å². The zero-order chi connectivity index (χ0) is 24.2. The Kier molecular flexibility index (Phi) is 7.17. The largest absolute Gasteiger partial charge is 0.497 e. The highest BCUT2D eigenvalue weighted by Crippen LogP contribution is 2.24. The maximum absolute atomic E-state index is 10.5. The molecule has 1 saturated heterocycles. The average molecular weight is 538 g/mol. The second kappa shape index (κ2) is 10.6. The van der Waals surface area contributed by atoms with Gasteiger partial charge in [0.1, 0.15) is 30.0 Å². The first kappa shape index (κ1) is 23.6. The third kappa shape index (κ3) is 5.75.